The smallest absolute Gasteiger partial charge is 0.468 e. The molecule has 1 fully saturated rings. The lowest BCUT2D eigenvalue weighted by Gasteiger charge is -2.19. The lowest BCUT2D eigenvalue weighted by atomic mass is 10.1. The molecular weight excluding hydrogens is 785 g/mol. The number of nitrogens with one attached hydrogen (secondary N) is 1. The first-order valence-corrected chi connectivity index (χ1v) is 20.3. The summed E-state index contributed by atoms with van der Waals surface area (Å²) < 4.78 is 59.4. The van der Waals surface area contributed by atoms with E-state index in [0.29, 0.717) is 24.9 Å². The molecule has 0 radical (unpaired) electrons. The van der Waals surface area contributed by atoms with Gasteiger partial charge in [0, 0.05) is 24.5 Å². The van der Waals surface area contributed by atoms with Gasteiger partial charge in [-0.3, -0.25) is 24.0 Å². The minimum Gasteiger partial charge on any atom is -0.468 e. The Labute approximate surface area is 305 Å². The van der Waals surface area contributed by atoms with Gasteiger partial charge in [-0.25, -0.2) is 18.7 Å². The second kappa shape index (κ2) is 18.1. The van der Waals surface area contributed by atoms with E-state index in [1.807, 2.05) is 0 Å². The fraction of sp³-hybridized carbons (Fsp3) is 0.481. The highest BCUT2D eigenvalue weighted by molar-refractivity contribution is 7.66. The third-order valence-electron chi connectivity index (χ3n) is 7.41. The first-order chi connectivity index (χ1) is 25.3. The highest BCUT2D eigenvalue weighted by Gasteiger charge is 2.43. The number of carbonyl (C=O) groups is 1. The van der Waals surface area contributed by atoms with Crippen LogP contribution in [0.2, 0.25) is 0 Å². The largest absolute Gasteiger partial charge is 0.490 e. The molecule has 3 heterocycles. The van der Waals surface area contributed by atoms with E-state index < -0.39 is 59.5 Å². The molecule has 296 valence electrons. The normalized spacial score (nSPS) is 20.0. The van der Waals surface area contributed by atoms with Crippen LogP contribution in [0, 0.1) is 22.0 Å². The van der Waals surface area contributed by atoms with Crippen molar-refractivity contribution >= 4 is 52.2 Å². The average molecular weight is 823 g/mol. The van der Waals surface area contributed by atoms with Crippen molar-refractivity contribution in [2.24, 2.45) is 5.73 Å². The molecule has 1 amide bonds. The van der Waals surface area contributed by atoms with Crippen molar-refractivity contribution in [2.75, 3.05) is 25.4 Å². The molecule has 54 heavy (non-hydrogen) atoms. The number of benzene rings is 1. The molecule has 0 bridgehead atoms. The maximum Gasteiger partial charge on any atom is 0.490 e. The molecule has 4 rings (SSSR count). The van der Waals surface area contributed by atoms with E-state index in [2.05, 4.69) is 45.3 Å². The summed E-state index contributed by atoms with van der Waals surface area (Å²) >= 11 is 0. The van der Waals surface area contributed by atoms with Gasteiger partial charge in [-0.2, -0.15) is 18.6 Å². The van der Waals surface area contributed by atoms with E-state index in [1.54, 1.807) is 6.07 Å². The highest BCUT2D eigenvalue weighted by atomic mass is 31.3. The predicted molar refractivity (Wildman–Crippen MR) is 184 cm³/mol. The number of amides is 1. The van der Waals surface area contributed by atoms with Gasteiger partial charge in [0.2, 0.25) is 17.7 Å². The topological polar surface area (TPSA) is 366 Å². The number of rotatable bonds is 18. The Kier molecular flexibility index (Phi) is 14.4. The van der Waals surface area contributed by atoms with Crippen molar-refractivity contribution in [3.8, 4) is 17.7 Å². The van der Waals surface area contributed by atoms with E-state index >= 15 is 0 Å². The first kappa shape index (κ1) is 42.8. The number of nitrogens with zero attached hydrogens (tertiary/aromatic N) is 5. The number of nitrogen functional groups attached to an aromatic ring is 1. The number of phosphoric acid groups is 3. The number of nitrogens with two attached hydrogens (primary N) is 2. The maximum absolute atomic E-state index is 12.1. The summed E-state index contributed by atoms with van der Waals surface area (Å²) in [7, 11) is -16.8. The predicted octanol–water partition coefficient (Wildman–Crippen LogP) is 1.44. The molecule has 6 atom stereocenters. The summed E-state index contributed by atoms with van der Waals surface area (Å²) in [6.45, 7) is 1.23. The molecule has 2 aromatic heterocycles. The molecule has 2 unspecified atom stereocenters. The van der Waals surface area contributed by atoms with Crippen LogP contribution in [0.3, 0.4) is 0 Å². The van der Waals surface area contributed by atoms with Crippen LogP contribution < -0.4 is 21.5 Å². The van der Waals surface area contributed by atoms with Crippen LogP contribution in [0.4, 0.5) is 11.6 Å². The Hall–Kier alpha value is -3.91. The Morgan fingerprint density at radius 2 is 1.91 bits per heavy atom. The zero-order valence-corrected chi connectivity index (χ0v) is 30.9. The van der Waals surface area contributed by atoms with Gasteiger partial charge >= 0.3 is 23.5 Å². The molecule has 0 spiro atoms. The molecule has 1 saturated heterocycles. The van der Waals surface area contributed by atoms with Gasteiger partial charge in [0.05, 0.1) is 36.1 Å². The monoisotopic (exact) mass is 822 g/mol. The standard InChI is InChI=1S/C27H37N8O16P3/c1-16(18-9-8-17(12-19(18)35(38)39)6-5-11-30-22(37)7-3-2-4-10-28)48-26-24-25(32-27(29)33-26)34(15-31-24)23-13-20(36)21(49-23)14-47-53(43,44)51-54(45,46)50-52(40,41)42/h8-9,12,15-16,20-21,23,36H,2-4,7,10-11,13-14,28H2,1H3,(H,30,37)(H,43,44)(H,45,46)(H2,29,32,33)(H2,40,41,42)/t16-,20+,21+,23+/m0/s1. The third kappa shape index (κ3) is 12.3. The van der Waals surface area contributed by atoms with Crippen LogP contribution in [0.15, 0.2) is 24.5 Å². The fourth-order valence-corrected chi connectivity index (χ4v) is 8.07. The van der Waals surface area contributed by atoms with Gasteiger partial charge in [0.1, 0.15) is 18.4 Å². The molecular formula is C27H37N8O16P3. The number of hydrogen-bond acceptors (Lipinski definition) is 17. The molecule has 10 N–H and O–H groups in total. The number of phosphoric ester groups is 1. The number of nitro benzene ring substituents is 1. The maximum atomic E-state index is 12.1. The summed E-state index contributed by atoms with van der Waals surface area (Å²) in [5, 5.41) is 25.2. The van der Waals surface area contributed by atoms with Gasteiger partial charge < -0.3 is 50.9 Å². The van der Waals surface area contributed by atoms with Crippen molar-refractivity contribution in [2.45, 2.75) is 63.6 Å². The summed E-state index contributed by atoms with van der Waals surface area (Å²) in [6, 6.07) is 4.27. The van der Waals surface area contributed by atoms with Crippen LogP contribution in [0.1, 0.15) is 62.5 Å². The number of ether oxygens (including phenoxy) is 2. The molecule has 0 saturated carbocycles. The van der Waals surface area contributed by atoms with Crippen LogP contribution in [-0.2, 0) is 36.4 Å². The first-order valence-electron chi connectivity index (χ1n) is 15.8. The van der Waals surface area contributed by atoms with Gasteiger partial charge in [0.25, 0.3) is 5.69 Å². The van der Waals surface area contributed by atoms with Gasteiger partial charge in [0.15, 0.2) is 11.2 Å². The van der Waals surface area contributed by atoms with Crippen molar-refractivity contribution < 1.29 is 70.7 Å². The van der Waals surface area contributed by atoms with Crippen LogP contribution in [0.5, 0.6) is 5.88 Å². The van der Waals surface area contributed by atoms with E-state index in [0.717, 1.165) is 12.8 Å². The Morgan fingerprint density at radius 3 is 2.59 bits per heavy atom. The second-order valence-electron chi connectivity index (χ2n) is 11.5. The number of aromatic nitrogens is 4. The lowest BCUT2D eigenvalue weighted by molar-refractivity contribution is -0.386. The zero-order chi connectivity index (χ0) is 39.8. The average Bonchev–Trinajstić information content (AvgIpc) is 3.65. The molecule has 27 heteroatoms. The number of anilines is 1. The van der Waals surface area contributed by atoms with E-state index in [4.69, 9.17) is 30.7 Å². The number of aliphatic hydroxyl groups is 1. The van der Waals surface area contributed by atoms with Crippen molar-refractivity contribution in [3.05, 3.63) is 45.8 Å². The molecule has 0 aliphatic carbocycles. The van der Waals surface area contributed by atoms with Crippen LogP contribution in [-0.4, -0.2) is 86.9 Å². The number of hydrogen-bond donors (Lipinski definition) is 8. The zero-order valence-electron chi connectivity index (χ0n) is 28.2. The summed E-state index contributed by atoms with van der Waals surface area (Å²) in [5.74, 6) is 4.93. The minimum atomic E-state index is -5.76. The number of aliphatic hydroxyl groups excluding tert-OH is 1. The summed E-state index contributed by atoms with van der Waals surface area (Å²) in [5.41, 5.74) is 11.6. The number of imidazole rings is 1. The van der Waals surface area contributed by atoms with Gasteiger partial charge in [-0.05, 0) is 38.4 Å². The molecule has 3 aromatic rings. The number of carbonyl (C=O) groups excluding carboxylic acids is 1. The molecule has 1 aliphatic heterocycles. The van der Waals surface area contributed by atoms with E-state index in [1.165, 1.54) is 30.0 Å². The molecule has 24 nitrogen and oxygen atoms in total. The highest BCUT2D eigenvalue weighted by Crippen LogP contribution is 2.66. The van der Waals surface area contributed by atoms with E-state index in [-0.39, 0.29) is 53.1 Å². The van der Waals surface area contributed by atoms with Crippen LogP contribution in [0.25, 0.3) is 11.2 Å². The quantitative estimate of drug-likeness (QED) is 0.0296. The van der Waals surface area contributed by atoms with Gasteiger partial charge in [-0.1, -0.05) is 18.3 Å². The lowest BCUT2D eigenvalue weighted by Crippen LogP contribution is -2.26. The number of fused-ring (bicyclic) bond motifs is 1. The number of nitro groups is 1. The van der Waals surface area contributed by atoms with Crippen LogP contribution >= 0.6 is 23.5 Å². The van der Waals surface area contributed by atoms with Gasteiger partial charge in [-0.15, -0.1) is 0 Å². The Balaban J connectivity index is 1.43. The SMILES string of the molecule is C[C@H](Oc1nc(N)nc2c1ncn2[C@H]1C[C@@H](O)[C@@H](COP(=O)(O)OP(=O)(O)OP(=O)(O)O)O1)c1ccc(C#CCNC(=O)CCCCCN)cc1[N+](=O)[O-]. The Bertz CT molecular complexity index is 2050. The second-order valence-corrected chi connectivity index (χ2v) is 15.9. The summed E-state index contributed by atoms with van der Waals surface area (Å²) in [4.78, 5) is 72.2. The summed E-state index contributed by atoms with van der Waals surface area (Å²) in [6.07, 6.45) is -0.967. The van der Waals surface area contributed by atoms with Crippen molar-refractivity contribution in [1.82, 2.24) is 24.8 Å². The number of unbranched alkanes of at least 4 members (excludes halogenated alkanes) is 2. The molecule has 1 aliphatic rings. The van der Waals surface area contributed by atoms with Crippen molar-refractivity contribution in [3.63, 3.8) is 0 Å². The third-order valence-corrected chi connectivity index (χ3v) is 11.2. The van der Waals surface area contributed by atoms with E-state index in [9.17, 15) is 43.5 Å². The molecule has 1 aromatic carbocycles. The minimum absolute atomic E-state index is 0.0393. The Morgan fingerprint density at radius 1 is 1.17 bits per heavy atom. The van der Waals surface area contributed by atoms with Crippen molar-refractivity contribution in [1.29, 1.82) is 0 Å². The fourth-order valence-electron chi connectivity index (χ4n) is 5.04.